The van der Waals surface area contributed by atoms with E-state index >= 15 is 0 Å². The number of carbonyl (C=O) groups is 2. The first-order valence-corrected chi connectivity index (χ1v) is 5.19. The van der Waals surface area contributed by atoms with Crippen molar-refractivity contribution in [1.82, 2.24) is 4.90 Å². The molecule has 1 fully saturated rings. The molecule has 0 aliphatic heterocycles. The molecule has 16 heavy (non-hydrogen) atoms. The number of halogens is 2. The normalized spacial score (nSPS) is 24.8. The Morgan fingerprint density at radius 3 is 2.44 bits per heavy atom. The lowest BCUT2D eigenvalue weighted by Crippen LogP contribution is -2.39. The number of rotatable bonds is 4. The highest BCUT2D eigenvalue weighted by Gasteiger charge is 2.39. The Morgan fingerprint density at radius 2 is 1.94 bits per heavy atom. The molecule has 2 atom stereocenters. The van der Waals surface area contributed by atoms with Gasteiger partial charge in [0.25, 0.3) is 6.43 Å². The largest absolute Gasteiger partial charge is 0.481 e. The second-order valence-corrected chi connectivity index (χ2v) is 4.09. The van der Waals surface area contributed by atoms with E-state index in [0.717, 1.165) is 4.90 Å². The first-order chi connectivity index (χ1) is 7.43. The van der Waals surface area contributed by atoms with Gasteiger partial charge >= 0.3 is 5.97 Å². The van der Waals surface area contributed by atoms with Crippen molar-refractivity contribution in [3.63, 3.8) is 0 Å². The van der Waals surface area contributed by atoms with E-state index in [2.05, 4.69) is 0 Å². The van der Waals surface area contributed by atoms with Crippen LogP contribution in [0.1, 0.15) is 19.3 Å². The number of hydrogen-bond acceptors (Lipinski definition) is 2. The Balaban J connectivity index is 2.62. The van der Waals surface area contributed by atoms with E-state index in [1.54, 1.807) is 0 Å². The second kappa shape index (κ2) is 5.23. The summed E-state index contributed by atoms with van der Waals surface area (Å²) in [5, 5.41) is 8.88. The van der Waals surface area contributed by atoms with Crippen molar-refractivity contribution in [3.05, 3.63) is 0 Å². The monoisotopic (exact) mass is 235 g/mol. The van der Waals surface area contributed by atoms with Crippen molar-refractivity contribution in [3.8, 4) is 0 Å². The van der Waals surface area contributed by atoms with Gasteiger partial charge in [-0.1, -0.05) is 6.42 Å². The van der Waals surface area contributed by atoms with Crippen LogP contribution < -0.4 is 0 Å². The van der Waals surface area contributed by atoms with Crippen LogP contribution in [0.15, 0.2) is 0 Å². The highest BCUT2D eigenvalue weighted by molar-refractivity contribution is 5.85. The van der Waals surface area contributed by atoms with Gasteiger partial charge in [0.15, 0.2) is 0 Å². The minimum Gasteiger partial charge on any atom is -0.481 e. The number of carboxylic acids is 1. The van der Waals surface area contributed by atoms with Gasteiger partial charge in [-0.25, -0.2) is 8.78 Å². The standard InChI is InChI=1S/C10H15F2NO3/c1-13(5-8(11)12)9(14)6-3-2-4-7(6)10(15)16/h6-8H,2-5H2,1H3,(H,15,16). The van der Waals surface area contributed by atoms with Crippen LogP contribution in [0.5, 0.6) is 0 Å². The summed E-state index contributed by atoms with van der Waals surface area (Å²) in [5.41, 5.74) is 0. The zero-order valence-electron chi connectivity index (χ0n) is 9.03. The SMILES string of the molecule is CN(CC(F)F)C(=O)C1CCCC1C(=O)O. The number of carboxylic acid groups (broad SMARTS) is 1. The third-order valence-electron chi connectivity index (χ3n) is 2.94. The van der Waals surface area contributed by atoms with Gasteiger partial charge < -0.3 is 10.0 Å². The number of alkyl halides is 2. The van der Waals surface area contributed by atoms with E-state index in [1.807, 2.05) is 0 Å². The smallest absolute Gasteiger partial charge is 0.307 e. The van der Waals surface area contributed by atoms with Crippen molar-refractivity contribution < 1.29 is 23.5 Å². The zero-order valence-corrected chi connectivity index (χ0v) is 9.03. The summed E-state index contributed by atoms with van der Waals surface area (Å²) in [7, 11) is 1.28. The summed E-state index contributed by atoms with van der Waals surface area (Å²) in [6, 6.07) is 0. The van der Waals surface area contributed by atoms with Crippen molar-refractivity contribution >= 4 is 11.9 Å². The molecule has 0 aromatic heterocycles. The van der Waals surface area contributed by atoms with Gasteiger partial charge in [-0.05, 0) is 12.8 Å². The quantitative estimate of drug-likeness (QED) is 0.796. The molecule has 0 bridgehead atoms. The fourth-order valence-corrected chi connectivity index (χ4v) is 2.13. The molecule has 1 N–H and O–H groups in total. The van der Waals surface area contributed by atoms with Gasteiger partial charge in [-0.2, -0.15) is 0 Å². The zero-order chi connectivity index (χ0) is 12.3. The van der Waals surface area contributed by atoms with Crippen LogP contribution in [0.4, 0.5) is 8.78 Å². The van der Waals surface area contributed by atoms with Gasteiger partial charge in [0.1, 0.15) is 0 Å². The predicted molar refractivity (Wildman–Crippen MR) is 52.1 cm³/mol. The highest BCUT2D eigenvalue weighted by atomic mass is 19.3. The molecule has 1 rings (SSSR count). The third-order valence-corrected chi connectivity index (χ3v) is 2.94. The Labute approximate surface area is 92.2 Å². The second-order valence-electron chi connectivity index (χ2n) is 4.09. The maximum atomic E-state index is 12.1. The lowest BCUT2D eigenvalue weighted by molar-refractivity contribution is -0.149. The van der Waals surface area contributed by atoms with Gasteiger partial charge in [-0.3, -0.25) is 9.59 Å². The molecule has 1 saturated carbocycles. The van der Waals surface area contributed by atoms with Crippen LogP contribution in [0.25, 0.3) is 0 Å². The molecule has 0 heterocycles. The molecule has 0 saturated heterocycles. The molecule has 0 aromatic rings. The van der Waals surface area contributed by atoms with Gasteiger partial charge in [0, 0.05) is 7.05 Å². The van der Waals surface area contributed by atoms with Gasteiger partial charge in [0.2, 0.25) is 5.91 Å². The third kappa shape index (κ3) is 2.90. The van der Waals surface area contributed by atoms with E-state index in [1.165, 1.54) is 7.05 Å². The van der Waals surface area contributed by atoms with Gasteiger partial charge in [-0.15, -0.1) is 0 Å². The topological polar surface area (TPSA) is 57.6 Å². The minimum absolute atomic E-state index is 0.453. The molecule has 1 aliphatic carbocycles. The average Bonchev–Trinajstić information content (AvgIpc) is 2.63. The molecule has 0 aromatic carbocycles. The predicted octanol–water partition coefficient (Wildman–Crippen LogP) is 1.21. The molecule has 2 unspecified atom stereocenters. The maximum absolute atomic E-state index is 12.1. The number of aliphatic carboxylic acids is 1. The molecule has 6 heteroatoms. The van der Waals surface area contributed by atoms with Crippen LogP contribution in [-0.4, -0.2) is 41.9 Å². The summed E-state index contributed by atoms with van der Waals surface area (Å²) >= 11 is 0. The Kier molecular flexibility index (Phi) is 4.20. The fourth-order valence-electron chi connectivity index (χ4n) is 2.13. The van der Waals surface area contributed by atoms with Crippen LogP contribution in [0.3, 0.4) is 0 Å². The Morgan fingerprint density at radius 1 is 1.38 bits per heavy atom. The van der Waals surface area contributed by atoms with Crippen molar-refractivity contribution in [2.24, 2.45) is 11.8 Å². The highest BCUT2D eigenvalue weighted by Crippen LogP contribution is 2.33. The van der Waals surface area contributed by atoms with E-state index in [-0.39, 0.29) is 0 Å². The molecule has 1 amide bonds. The van der Waals surface area contributed by atoms with E-state index in [0.29, 0.717) is 19.3 Å². The van der Waals surface area contributed by atoms with E-state index in [4.69, 9.17) is 5.11 Å². The molecular formula is C10H15F2NO3. The first kappa shape index (κ1) is 12.9. The van der Waals surface area contributed by atoms with Gasteiger partial charge in [0.05, 0.1) is 18.4 Å². The lowest BCUT2D eigenvalue weighted by atomic mass is 9.95. The summed E-state index contributed by atoms with van der Waals surface area (Å²) in [4.78, 5) is 23.5. The number of nitrogens with zero attached hydrogens (tertiary/aromatic N) is 1. The maximum Gasteiger partial charge on any atom is 0.307 e. The van der Waals surface area contributed by atoms with Crippen molar-refractivity contribution in [1.29, 1.82) is 0 Å². The summed E-state index contributed by atoms with van der Waals surface area (Å²) < 4.78 is 24.2. The minimum atomic E-state index is -2.58. The molecular weight excluding hydrogens is 220 g/mol. The Bertz CT molecular complexity index is 283. The molecule has 0 radical (unpaired) electrons. The molecule has 1 aliphatic rings. The Hall–Kier alpha value is -1.20. The number of amides is 1. The molecule has 92 valence electrons. The van der Waals surface area contributed by atoms with Crippen LogP contribution >= 0.6 is 0 Å². The fraction of sp³-hybridized carbons (Fsp3) is 0.800. The molecule has 4 nitrogen and oxygen atoms in total. The lowest BCUT2D eigenvalue weighted by Gasteiger charge is -2.22. The summed E-state index contributed by atoms with van der Waals surface area (Å²) in [6.45, 7) is -0.637. The van der Waals surface area contributed by atoms with E-state index < -0.39 is 36.7 Å². The van der Waals surface area contributed by atoms with Crippen LogP contribution in [0.2, 0.25) is 0 Å². The van der Waals surface area contributed by atoms with Crippen LogP contribution in [0, 0.1) is 11.8 Å². The van der Waals surface area contributed by atoms with Crippen molar-refractivity contribution in [2.45, 2.75) is 25.7 Å². The molecule has 0 spiro atoms. The average molecular weight is 235 g/mol. The van der Waals surface area contributed by atoms with Crippen molar-refractivity contribution in [2.75, 3.05) is 13.6 Å². The number of hydrogen-bond donors (Lipinski definition) is 1. The summed E-state index contributed by atoms with van der Waals surface area (Å²) in [5.74, 6) is -2.85. The van der Waals surface area contributed by atoms with E-state index in [9.17, 15) is 18.4 Å². The first-order valence-electron chi connectivity index (χ1n) is 5.19. The van der Waals surface area contributed by atoms with Crippen LogP contribution in [-0.2, 0) is 9.59 Å². The number of carbonyl (C=O) groups excluding carboxylic acids is 1. The summed E-state index contributed by atoms with van der Waals surface area (Å²) in [6.07, 6.45) is -0.994.